The van der Waals surface area contributed by atoms with Crippen molar-refractivity contribution in [3.05, 3.63) is 76.7 Å². The van der Waals surface area contributed by atoms with Gasteiger partial charge >= 0.3 is 0 Å². The fourth-order valence-corrected chi connectivity index (χ4v) is 2.24. The molecule has 0 spiro atoms. The summed E-state index contributed by atoms with van der Waals surface area (Å²) in [6.45, 7) is 0. The summed E-state index contributed by atoms with van der Waals surface area (Å²) >= 11 is 3.36. The highest BCUT2D eigenvalue weighted by Gasteiger charge is 2.14. The average Bonchev–Trinajstić information content (AvgIpc) is 3.00. The van der Waals surface area contributed by atoms with Gasteiger partial charge in [-0.3, -0.25) is 4.79 Å². The number of hydrogen-bond donors (Lipinski definition) is 1. The van der Waals surface area contributed by atoms with Crippen LogP contribution in [0.15, 0.2) is 69.6 Å². The molecule has 0 aliphatic heterocycles. The zero-order chi connectivity index (χ0) is 15.5. The van der Waals surface area contributed by atoms with Crippen molar-refractivity contribution in [1.29, 1.82) is 0 Å². The molecule has 110 valence electrons. The third-order valence-corrected chi connectivity index (χ3v) is 3.61. The highest BCUT2D eigenvalue weighted by atomic mass is 79.9. The highest BCUT2D eigenvalue weighted by molar-refractivity contribution is 9.10. The number of anilines is 1. The summed E-state index contributed by atoms with van der Waals surface area (Å²) in [5.74, 6) is -0.281. The van der Waals surface area contributed by atoms with Gasteiger partial charge in [-0.15, -0.1) is 0 Å². The predicted octanol–water partition coefficient (Wildman–Crippen LogP) is 5.10. The predicted molar refractivity (Wildman–Crippen MR) is 86.2 cm³/mol. The summed E-state index contributed by atoms with van der Waals surface area (Å²) in [6.07, 6.45) is 0. The van der Waals surface area contributed by atoms with E-state index in [1.54, 1.807) is 24.3 Å². The Morgan fingerprint density at radius 2 is 1.73 bits per heavy atom. The lowest BCUT2D eigenvalue weighted by molar-refractivity contribution is 0.0997. The minimum Gasteiger partial charge on any atom is -0.451 e. The Morgan fingerprint density at radius 1 is 1.00 bits per heavy atom. The number of nitrogens with one attached hydrogen (secondary N) is 1. The van der Waals surface area contributed by atoms with E-state index in [1.807, 2.05) is 24.3 Å². The fourth-order valence-electron chi connectivity index (χ4n) is 1.98. The van der Waals surface area contributed by atoms with Crippen LogP contribution in [0.3, 0.4) is 0 Å². The van der Waals surface area contributed by atoms with Crippen LogP contribution >= 0.6 is 15.9 Å². The Labute approximate surface area is 134 Å². The van der Waals surface area contributed by atoms with E-state index in [-0.39, 0.29) is 11.4 Å². The van der Waals surface area contributed by atoms with Crippen molar-refractivity contribution in [2.45, 2.75) is 0 Å². The van der Waals surface area contributed by atoms with Crippen molar-refractivity contribution in [2.75, 3.05) is 5.32 Å². The number of furan rings is 1. The lowest BCUT2D eigenvalue weighted by Crippen LogP contribution is -2.11. The van der Waals surface area contributed by atoms with Crippen LogP contribution in [0.25, 0.3) is 11.3 Å². The van der Waals surface area contributed by atoms with Crippen molar-refractivity contribution in [3.8, 4) is 11.3 Å². The Bertz CT molecular complexity index is 812. The lowest BCUT2D eigenvalue weighted by atomic mass is 10.2. The first kappa shape index (κ1) is 14.5. The summed E-state index contributed by atoms with van der Waals surface area (Å²) in [7, 11) is 0. The monoisotopic (exact) mass is 359 g/mol. The maximum atomic E-state index is 13.5. The fraction of sp³-hybridized carbons (Fsp3) is 0. The molecule has 0 unspecified atom stereocenters. The van der Waals surface area contributed by atoms with E-state index in [0.29, 0.717) is 5.76 Å². The standard InChI is InChI=1S/C17H11BrFNO2/c18-12-7-5-11(6-8-12)15-9-10-16(22-15)17(21)20-14-4-2-1-3-13(14)19/h1-10H,(H,20,21). The molecule has 0 aliphatic carbocycles. The second kappa shape index (κ2) is 6.15. The van der Waals surface area contributed by atoms with Crippen LogP contribution in [0.2, 0.25) is 0 Å². The zero-order valence-corrected chi connectivity index (χ0v) is 12.9. The highest BCUT2D eigenvalue weighted by Crippen LogP contribution is 2.24. The van der Waals surface area contributed by atoms with Gasteiger partial charge in [-0.2, -0.15) is 0 Å². The van der Waals surface area contributed by atoms with E-state index >= 15 is 0 Å². The van der Waals surface area contributed by atoms with Crippen LogP contribution in [-0.4, -0.2) is 5.91 Å². The summed E-state index contributed by atoms with van der Waals surface area (Å²) in [4.78, 5) is 12.1. The second-order valence-corrected chi connectivity index (χ2v) is 5.52. The van der Waals surface area contributed by atoms with Crippen LogP contribution in [0.5, 0.6) is 0 Å². The van der Waals surface area contributed by atoms with Crippen molar-refractivity contribution < 1.29 is 13.6 Å². The molecule has 0 fully saturated rings. The van der Waals surface area contributed by atoms with Crippen molar-refractivity contribution in [3.63, 3.8) is 0 Å². The molecule has 2 aromatic carbocycles. The molecule has 1 N–H and O–H groups in total. The van der Waals surface area contributed by atoms with Crippen LogP contribution < -0.4 is 5.32 Å². The number of amides is 1. The molecule has 3 rings (SSSR count). The minimum absolute atomic E-state index is 0.120. The average molecular weight is 360 g/mol. The maximum Gasteiger partial charge on any atom is 0.291 e. The topological polar surface area (TPSA) is 42.2 Å². The first-order valence-electron chi connectivity index (χ1n) is 6.55. The van der Waals surface area contributed by atoms with Gasteiger partial charge in [0.05, 0.1) is 5.69 Å². The molecule has 1 heterocycles. The molecule has 1 amide bonds. The third kappa shape index (κ3) is 3.09. The number of benzene rings is 2. The summed E-state index contributed by atoms with van der Waals surface area (Å²) in [5, 5.41) is 2.49. The molecule has 0 atom stereocenters. The van der Waals surface area contributed by atoms with Gasteiger partial charge in [0.15, 0.2) is 5.76 Å². The van der Waals surface area contributed by atoms with E-state index in [0.717, 1.165) is 10.0 Å². The van der Waals surface area contributed by atoms with Gasteiger partial charge in [-0.25, -0.2) is 4.39 Å². The van der Waals surface area contributed by atoms with Crippen molar-refractivity contribution >= 4 is 27.5 Å². The molecule has 0 aliphatic rings. The molecule has 5 heteroatoms. The molecule has 0 bridgehead atoms. The van der Waals surface area contributed by atoms with Crippen LogP contribution in [0.4, 0.5) is 10.1 Å². The molecule has 22 heavy (non-hydrogen) atoms. The molecule has 3 aromatic rings. The van der Waals surface area contributed by atoms with Gasteiger partial charge in [0, 0.05) is 10.0 Å². The quantitative estimate of drug-likeness (QED) is 0.706. The number of halogens is 2. The number of rotatable bonds is 3. The number of para-hydroxylation sites is 1. The minimum atomic E-state index is -0.492. The zero-order valence-electron chi connectivity index (χ0n) is 11.3. The van der Waals surface area contributed by atoms with E-state index in [2.05, 4.69) is 21.2 Å². The van der Waals surface area contributed by atoms with Gasteiger partial charge in [0.25, 0.3) is 5.91 Å². The van der Waals surface area contributed by atoms with Gasteiger partial charge in [0.2, 0.25) is 0 Å². The van der Waals surface area contributed by atoms with Crippen LogP contribution in [0.1, 0.15) is 10.6 Å². The van der Waals surface area contributed by atoms with E-state index < -0.39 is 11.7 Å². The Kier molecular flexibility index (Phi) is 4.06. The lowest BCUT2D eigenvalue weighted by Gasteiger charge is -2.04. The number of carbonyl (C=O) groups is 1. The van der Waals surface area contributed by atoms with Gasteiger partial charge < -0.3 is 9.73 Å². The van der Waals surface area contributed by atoms with Gasteiger partial charge in [-0.1, -0.05) is 40.2 Å². The summed E-state index contributed by atoms with van der Waals surface area (Å²) in [5.41, 5.74) is 0.974. The molecular weight excluding hydrogens is 349 g/mol. The SMILES string of the molecule is O=C(Nc1ccccc1F)c1ccc(-c2ccc(Br)cc2)o1. The number of hydrogen-bond acceptors (Lipinski definition) is 2. The van der Waals surface area contributed by atoms with Crippen molar-refractivity contribution in [2.24, 2.45) is 0 Å². The summed E-state index contributed by atoms with van der Waals surface area (Å²) in [6, 6.07) is 16.8. The Morgan fingerprint density at radius 3 is 2.45 bits per heavy atom. The van der Waals surface area contributed by atoms with Crippen LogP contribution in [-0.2, 0) is 0 Å². The molecule has 0 saturated heterocycles. The summed E-state index contributed by atoms with van der Waals surface area (Å²) < 4.78 is 20.0. The smallest absolute Gasteiger partial charge is 0.291 e. The first-order valence-corrected chi connectivity index (χ1v) is 7.34. The molecule has 0 radical (unpaired) electrons. The Hall–Kier alpha value is -2.40. The second-order valence-electron chi connectivity index (χ2n) is 4.60. The Balaban J connectivity index is 1.80. The number of carbonyl (C=O) groups excluding carboxylic acids is 1. The van der Waals surface area contributed by atoms with Gasteiger partial charge in [0.1, 0.15) is 11.6 Å². The molecule has 1 aromatic heterocycles. The third-order valence-electron chi connectivity index (χ3n) is 3.08. The van der Waals surface area contributed by atoms with Crippen LogP contribution in [0, 0.1) is 5.82 Å². The van der Waals surface area contributed by atoms with E-state index in [4.69, 9.17) is 4.42 Å². The van der Waals surface area contributed by atoms with E-state index in [1.165, 1.54) is 12.1 Å². The largest absolute Gasteiger partial charge is 0.451 e. The normalized spacial score (nSPS) is 10.5. The van der Waals surface area contributed by atoms with Gasteiger partial charge in [-0.05, 0) is 36.4 Å². The molecular formula is C17H11BrFNO2. The van der Waals surface area contributed by atoms with Crippen molar-refractivity contribution in [1.82, 2.24) is 0 Å². The molecule has 0 saturated carbocycles. The molecule has 3 nitrogen and oxygen atoms in total. The first-order chi connectivity index (χ1) is 10.6. The maximum absolute atomic E-state index is 13.5. The van der Waals surface area contributed by atoms with E-state index in [9.17, 15) is 9.18 Å².